The highest BCUT2D eigenvalue weighted by atomic mass is 16.6. The van der Waals surface area contributed by atoms with Crippen LogP contribution in [0.5, 0.6) is 11.5 Å². The van der Waals surface area contributed by atoms with Crippen molar-refractivity contribution in [3.63, 3.8) is 0 Å². The highest BCUT2D eigenvalue weighted by Gasteiger charge is 2.23. The van der Waals surface area contributed by atoms with Crippen LogP contribution >= 0.6 is 0 Å². The first-order valence-electron chi connectivity index (χ1n) is 11.9. The molecule has 1 aliphatic heterocycles. The van der Waals surface area contributed by atoms with E-state index in [0.29, 0.717) is 29.3 Å². The Morgan fingerprint density at radius 2 is 1.65 bits per heavy atom. The number of nitro benzene ring substituents is 2. The Balaban J connectivity index is 1.42. The zero-order valence-electron chi connectivity index (χ0n) is 20.6. The van der Waals surface area contributed by atoms with Gasteiger partial charge in [-0.25, -0.2) is 0 Å². The average Bonchev–Trinajstić information content (AvgIpc) is 2.87. The fourth-order valence-electron chi connectivity index (χ4n) is 4.58. The lowest BCUT2D eigenvalue weighted by molar-refractivity contribution is -0.384. The molecule has 4 rings (SSSR count). The van der Waals surface area contributed by atoms with Gasteiger partial charge in [0.25, 0.3) is 11.4 Å². The molecule has 1 aliphatic rings. The molecule has 1 N–H and O–H groups in total. The minimum atomic E-state index is -0.410. The number of ether oxygens (including phenoxy) is 1. The number of anilines is 1. The van der Waals surface area contributed by atoms with Crippen molar-refractivity contribution >= 4 is 17.1 Å². The molecule has 0 radical (unpaired) electrons. The van der Waals surface area contributed by atoms with Crippen molar-refractivity contribution in [3.8, 4) is 17.6 Å². The zero-order valence-corrected chi connectivity index (χ0v) is 20.6. The number of likely N-dealkylation sites (tertiary alicyclic amines) is 1. The van der Waals surface area contributed by atoms with Crippen LogP contribution in [0.25, 0.3) is 0 Å². The van der Waals surface area contributed by atoms with Gasteiger partial charge in [-0.15, -0.1) is 0 Å². The normalized spacial score (nSPS) is 14.1. The second-order valence-electron chi connectivity index (χ2n) is 9.21. The molecule has 1 saturated heterocycles. The van der Waals surface area contributed by atoms with Crippen molar-refractivity contribution in [3.05, 3.63) is 97.1 Å². The van der Waals surface area contributed by atoms with Crippen LogP contribution in [0.15, 0.2) is 54.6 Å². The van der Waals surface area contributed by atoms with E-state index >= 15 is 0 Å². The Kier molecular flexibility index (Phi) is 7.65. The van der Waals surface area contributed by atoms with Crippen LogP contribution in [-0.4, -0.2) is 33.9 Å². The molecular weight excluding hydrogens is 474 g/mol. The van der Waals surface area contributed by atoms with Crippen LogP contribution in [0.3, 0.4) is 0 Å². The number of rotatable bonds is 8. The summed E-state index contributed by atoms with van der Waals surface area (Å²) in [5.41, 5.74) is 3.63. The summed E-state index contributed by atoms with van der Waals surface area (Å²) < 4.78 is 6.09. The van der Waals surface area contributed by atoms with E-state index in [2.05, 4.69) is 16.3 Å². The molecule has 3 aromatic carbocycles. The van der Waals surface area contributed by atoms with Gasteiger partial charge in [0.15, 0.2) is 0 Å². The van der Waals surface area contributed by atoms with Crippen molar-refractivity contribution in [1.82, 2.24) is 4.90 Å². The quantitative estimate of drug-likeness (QED) is 0.299. The molecule has 1 fully saturated rings. The van der Waals surface area contributed by atoms with Crippen molar-refractivity contribution in [2.45, 2.75) is 39.3 Å². The van der Waals surface area contributed by atoms with Crippen LogP contribution < -0.4 is 10.1 Å². The molecule has 3 aromatic rings. The number of piperidine rings is 1. The van der Waals surface area contributed by atoms with Crippen molar-refractivity contribution in [2.24, 2.45) is 0 Å². The third kappa shape index (κ3) is 6.20. The van der Waals surface area contributed by atoms with E-state index in [-0.39, 0.29) is 17.4 Å². The van der Waals surface area contributed by atoms with E-state index < -0.39 is 9.85 Å². The van der Waals surface area contributed by atoms with Crippen molar-refractivity contribution in [1.29, 1.82) is 5.26 Å². The van der Waals surface area contributed by atoms with E-state index in [1.54, 1.807) is 36.4 Å². The maximum Gasteiger partial charge on any atom is 0.292 e. The summed E-state index contributed by atoms with van der Waals surface area (Å²) >= 11 is 0. The van der Waals surface area contributed by atoms with Gasteiger partial charge in [0, 0.05) is 49.9 Å². The lowest BCUT2D eigenvalue weighted by Gasteiger charge is -2.32. The van der Waals surface area contributed by atoms with E-state index in [4.69, 9.17) is 4.74 Å². The molecule has 0 spiro atoms. The van der Waals surface area contributed by atoms with Gasteiger partial charge in [-0.3, -0.25) is 25.1 Å². The molecule has 10 heteroatoms. The van der Waals surface area contributed by atoms with Crippen LogP contribution in [0.1, 0.15) is 35.1 Å². The van der Waals surface area contributed by atoms with Gasteiger partial charge in [-0.1, -0.05) is 12.1 Å². The van der Waals surface area contributed by atoms with Crippen molar-refractivity contribution < 1.29 is 14.6 Å². The van der Waals surface area contributed by atoms with E-state index in [1.807, 2.05) is 13.8 Å². The molecule has 0 atom stereocenters. The summed E-state index contributed by atoms with van der Waals surface area (Å²) in [7, 11) is 0. The molecule has 0 aliphatic carbocycles. The number of benzene rings is 3. The average molecular weight is 502 g/mol. The SMILES string of the molecule is Cc1cc(C#N)cc(C)c1Oc1ccc([N+](=O)[O-])c(NC2CCN(Cc3ccc([N+](=O)[O-])cc3)CC2)c1. The van der Waals surface area contributed by atoms with Gasteiger partial charge in [-0.05, 0) is 61.6 Å². The first kappa shape index (κ1) is 25.6. The summed E-state index contributed by atoms with van der Waals surface area (Å²) in [4.78, 5) is 24.0. The van der Waals surface area contributed by atoms with Crippen molar-refractivity contribution in [2.75, 3.05) is 18.4 Å². The number of aryl methyl sites for hydroxylation is 2. The van der Waals surface area contributed by atoms with E-state index in [9.17, 15) is 25.5 Å². The number of non-ortho nitro benzene ring substituents is 1. The highest BCUT2D eigenvalue weighted by Crippen LogP contribution is 2.35. The molecule has 0 bridgehead atoms. The fourth-order valence-corrected chi connectivity index (χ4v) is 4.58. The summed E-state index contributed by atoms with van der Waals surface area (Å²) in [6.07, 6.45) is 1.59. The standard InChI is InChI=1S/C27H27N5O5/c1-18-13-21(16-28)14-19(2)27(18)37-24-7-8-26(32(35)36)25(15-24)29-22-9-11-30(12-10-22)17-20-3-5-23(6-4-20)31(33)34/h3-8,13-15,22,29H,9-12,17H2,1-2H3. The lowest BCUT2D eigenvalue weighted by Crippen LogP contribution is -2.38. The maximum absolute atomic E-state index is 11.7. The number of nitro groups is 2. The zero-order chi connectivity index (χ0) is 26.5. The molecule has 0 saturated carbocycles. The maximum atomic E-state index is 11.7. The number of hydrogen-bond donors (Lipinski definition) is 1. The molecule has 37 heavy (non-hydrogen) atoms. The predicted octanol–water partition coefficient (Wildman–Crippen LogP) is 5.86. The second-order valence-corrected chi connectivity index (χ2v) is 9.21. The van der Waals surface area contributed by atoms with Gasteiger partial charge >= 0.3 is 0 Å². The van der Waals surface area contributed by atoms with E-state index in [0.717, 1.165) is 42.6 Å². The first-order chi connectivity index (χ1) is 17.7. The minimum Gasteiger partial charge on any atom is -0.457 e. The topological polar surface area (TPSA) is 135 Å². The van der Waals surface area contributed by atoms with Crippen LogP contribution in [0.2, 0.25) is 0 Å². The number of nitrogens with one attached hydrogen (secondary N) is 1. The Hall–Kier alpha value is -4.49. The first-order valence-corrected chi connectivity index (χ1v) is 11.9. The summed E-state index contributed by atoms with van der Waals surface area (Å²) in [6.45, 7) is 6.00. The summed E-state index contributed by atoms with van der Waals surface area (Å²) in [5.74, 6) is 1.10. The molecule has 0 amide bonds. The molecule has 1 heterocycles. The van der Waals surface area contributed by atoms with Gasteiger partial charge in [-0.2, -0.15) is 5.26 Å². The molecule has 0 aromatic heterocycles. The number of nitrogens with zero attached hydrogens (tertiary/aromatic N) is 4. The number of hydrogen-bond acceptors (Lipinski definition) is 8. The van der Waals surface area contributed by atoms with Gasteiger partial charge in [0.1, 0.15) is 17.2 Å². The molecule has 10 nitrogen and oxygen atoms in total. The van der Waals surface area contributed by atoms with E-state index in [1.165, 1.54) is 18.2 Å². The molecular formula is C27H27N5O5. The Morgan fingerprint density at radius 1 is 1.00 bits per heavy atom. The van der Waals surface area contributed by atoms with Gasteiger partial charge in [0.05, 0.1) is 21.5 Å². The minimum absolute atomic E-state index is 0.0195. The third-order valence-corrected chi connectivity index (χ3v) is 6.47. The lowest BCUT2D eigenvalue weighted by atomic mass is 10.0. The smallest absolute Gasteiger partial charge is 0.292 e. The summed E-state index contributed by atoms with van der Waals surface area (Å²) in [6, 6.07) is 16.9. The van der Waals surface area contributed by atoms with Crippen LogP contribution in [-0.2, 0) is 6.54 Å². The third-order valence-electron chi connectivity index (χ3n) is 6.47. The predicted molar refractivity (Wildman–Crippen MR) is 139 cm³/mol. The Labute approximate surface area is 214 Å². The molecule has 0 unspecified atom stereocenters. The van der Waals surface area contributed by atoms with Crippen LogP contribution in [0, 0.1) is 45.4 Å². The Bertz CT molecular complexity index is 1340. The number of nitriles is 1. The second kappa shape index (κ2) is 11.1. The Morgan fingerprint density at radius 3 is 2.22 bits per heavy atom. The van der Waals surface area contributed by atoms with Crippen LogP contribution in [0.4, 0.5) is 17.1 Å². The highest BCUT2D eigenvalue weighted by molar-refractivity contribution is 5.65. The van der Waals surface area contributed by atoms with Gasteiger partial charge in [0.2, 0.25) is 0 Å². The fraction of sp³-hybridized carbons (Fsp3) is 0.296. The summed E-state index contributed by atoms with van der Waals surface area (Å²) in [5, 5.41) is 35.0. The van der Waals surface area contributed by atoms with Gasteiger partial charge < -0.3 is 10.1 Å². The molecule has 190 valence electrons. The largest absolute Gasteiger partial charge is 0.457 e. The monoisotopic (exact) mass is 501 g/mol.